The lowest BCUT2D eigenvalue weighted by Crippen LogP contribution is -2.00. The van der Waals surface area contributed by atoms with Crippen LogP contribution in [0.5, 0.6) is 0 Å². The summed E-state index contributed by atoms with van der Waals surface area (Å²) in [6, 6.07) is 51.2. The second-order valence-corrected chi connectivity index (χ2v) is 10.6. The molecule has 1 heteroatoms. The number of hydrogen-bond acceptors (Lipinski definition) is 0. The van der Waals surface area contributed by atoms with Gasteiger partial charge in [0, 0.05) is 16.5 Å². The molecule has 0 amide bonds. The van der Waals surface area contributed by atoms with Gasteiger partial charge in [-0.1, -0.05) is 84.9 Å². The quantitative estimate of drug-likeness (QED) is 0.226. The minimum absolute atomic E-state index is 1.20. The van der Waals surface area contributed by atoms with E-state index in [9.17, 15) is 0 Å². The summed E-state index contributed by atoms with van der Waals surface area (Å²) in [7, 11) is 0. The third-order valence-electron chi connectivity index (χ3n) is 8.46. The van der Waals surface area contributed by atoms with Crippen LogP contribution in [0.25, 0.3) is 82.4 Å². The molecule has 1 heterocycles. The van der Waals surface area contributed by atoms with Gasteiger partial charge in [-0.2, -0.15) is 0 Å². The molecule has 180 valence electrons. The molecule has 8 aromatic rings. The summed E-state index contributed by atoms with van der Waals surface area (Å²) in [4.78, 5) is 0. The van der Waals surface area contributed by atoms with Crippen molar-refractivity contribution in [1.82, 2.24) is 4.57 Å². The highest BCUT2D eigenvalue weighted by atomic mass is 15.0. The molecule has 1 aromatic heterocycles. The van der Waals surface area contributed by atoms with Crippen LogP contribution in [0.15, 0.2) is 140 Å². The van der Waals surface area contributed by atoms with Crippen molar-refractivity contribution in [3.05, 3.63) is 140 Å². The Hall–Kier alpha value is -5.14. The van der Waals surface area contributed by atoms with Crippen LogP contribution in [-0.4, -0.2) is 4.57 Å². The molecule has 7 aromatic carbocycles. The number of rotatable bonds is 2. The van der Waals surface area contributed by atoms with E-state index in [1.54, 1.807) is 0 Å². The van der Waals surface area contributed by atoms with Crippen molar-refractivity contribution in [1.29, 1.82) is 0 Å². The van der Waals surface area contributed by atoms with Gasteiger partial charge in [-0.15, -0.1) is 0 Å². The van der Waals surface area contributed by atoms with Gasteiger partial charge >= 0.3 is 0 Å². The van der Waals surface area contributed by atoms with Gasteiger partial charge < -0.3 is 4.57 Å². The fourth-order valence-corrected chi connectivity index (χ4v) is 6.56. The molecule has 0 saturated heterocycles. The third-order valence-corrected chi connectivity index (χ3v) is 8.46. The molecule has 0 spiro atoms. The van der Waals surface area contributed by atoms with E-state index in [-0.39, 0.29) is 0 Å². The zero-order chi connectivity index (χ0) is 25.5. The second-order valence-electron chi connectivity index (χ2n) is 10.6. The highest BCUT2D eigenvalue weighted by Crippen LogP contribution is 2.50. The zero-order valence-electron chi connectivity index (χ0n) is 21.2. The van der Waals surface area contributed by atoms with Crippen LogP contribution < -0.4 is 0 Å². The smallest absolute Gasteiger partial charge is 0.0541 e. The van der Waals surface area contributed by atoms with Crippen LogP contribution in [-0.2, 0) is 0 Å². The molecule has 1 aliphatic carbocycles. The molecule has 0 bridgehead atoms. The van der Waals surface area contributed by atoms with Gasteiger partial charge in [0.1, 0.15) is 0 Å². The average molecular weight is 494 g/mol. The molecule has 0 saturated carbocycles. The highest BCUT2D eigenvalue weighted by molar-refractivity contribution is 6.13. The molecule has 1 nitrogen and oxygen atoms in total. The fraction of sp³-hybridized carbons (Fsp3) is 0. The van der Waals surface area contributed by atoms with Gasteiger partial charge in [-0.05, 0) is 110 Å². The van der Waals surface area contributed by atoms with E-state index in [2.05, 4.69) is 144 Å². The van der Waals surface area contributed by atoms with Crippen LogP contribution in [0.1, 0.15) is 0 Å². The van der Waals surface area contributed by atoms with Crippen LogP contribution in [0.4, 0.5) is 0 Å². The van der Waals surface area contributed by atoms with Gasteiger partial charge in [0.05, 0.1) is 11.0 Å². The molecule has 0 radical (unpaired) electrons. The molecule has 0 unspecified atom stereocenters. The lowest BCUT2D eigenvalue weighted by atomic mass is 9.77. The number of para-hydroxylation sites is 2. The normalized spacial score (nSPS) is 12.1. The van der Waals surface area contributed by atoms with Crippen molar-refractivity contribution in [3.63, 3.8) is 0 Å². The van der Waals surface area contributed by atoms with E-state index in [1.165, 1.54) is 82.4 Å². The molecule has 0 aliphatic heterocycles. The molecule has 0 atom stereocenters. The summed E-state index contributed by atoms with van der Waals surface area (Å²) in [5.41, 5.74) is 11.6. The van der Waals surface area contributed by atoms with E-state index in [4.69, 9.17) is 0 Å². The Labute approximate surface area is 226 Å². The summed E-state index contributed by atoms with van der Waals surface area (Å²) < 4.78 is 2.40. The van der Waals surface area contributed by atoms with Crippen molar-refractivity contribution < 1.29 is 0 Å². The van der Waals surface area contributed by atoms with Crippen LogP contribution in [0, 0.1) is 0 Å². The van der Waals surface area contributed by atoms with E-state index >= 15 is 0 Å². The van der Waals surface area contributed by atoms with E-state index in [0.29, 0.717) is 0 Å². The minimum Gasteiger partial charge on any atom is -0.309 e. The largest absolute Gasteiger partial charge is 0.309 e. The molecular formula is C38H23N. The number of nitrogens with zero attached hydrogens (tertiary/aromatic N) is 1. The van der Waals surface area contributed by atoms with Gasteiger partial charge in [0.15, 0.2) is 0 Å². The van der Waals surface area contributed by atoms with E-state index < -0.39 is 0 Å². The Balaban J connectivity index is 1.19. The molecular weight excluding hydrogens is 470 g/mol. The van der Waals surface area contributed by atoms with Crippen molar-refractivity contribution in [3.8, 4) is 39.1 Å². The Morgan fingerprint density at radius 1 is 0.333 bits per heavy atom. The first-order valence-corrected chi connectivity index (χ1v) is 13.5. The third kappa shape index (κ3) is 2.96. The lowest BCUT2D eigenvalue weighted by molar-refractivity contribution is 1.19. The number of aromatic nitrogens is 1. The summed E-state index contributed by atoms with van der Waals surface area (Å²) in [6.07, 6.45) is 0. The summed E-state index contributed by atoms with van der Waals surface area (Å²) >= 11 is 0. The Kier molecular flexibility index (Phi) is 4.11. The second kappa shape index (κ2) is 7.69. The summed E-state index contributed by atoms with van der Waals surface area (Å²) in [5, 5.41) is 7.73. The van der Waals surface area contributed by atoms with Gasteiger partial charge in [-0.3, -0.25) is 0 Å². The number of fused-ring (bicyclic) bond motifs is 9. The SMILES string of the molecule is c1ccc(-c2ccc3cc4c(cc3c2)-c2cc3ccc(-n5c6ccccc6c6ccccc65)cc3cc2-4)cc1. The van der Waals surface area contributed by atoms with Crippen LogP contribution in [0.3, 0.4) is 0 Å². The van der Waals surface area contributed by atoms with E-state index in [0.717, 1.165) is 0 Å². The first-order valence-electron chi connectivity index (χ1n) is 13.5. The Bertz CT molecular complexity index is 2210. The maximum absolute atomic E-state index is 2.40. The monoisotopic (exact) mass is 493 g/mol. The Morgan fingerprint density at radius 3 is 1.49 bits per heavy atom. The summed E-state index contributed by atoms with van der Waals surface area (Å²) in [6.45, 7) is 0. The zero-order valence-corrected chi connectivity index (χ0v) is 21.2. The molecule has 0 fully saturated rings. The van der Waals surface area contributed by atoms with Crippen LogP contribution in [0.2, 0.25) is 0 Å². The fourth-order valence-electron chi connectivity index (χ4n) is 6.56. The predicted molar refractivity (Wildman–Crippen MR) is 166 cm³/mol. The molecule has 9 rings (SSSR count). The lowest BCUT2D eigenvalue weighted by Gasteiger charge is -2.26. The number of benzene rings is 7. The Morgan fingerprint density at radius 2 is 0.846 bits per heavy atom. The predicted octanol–water partition coefficient (Wildman–Crippen LogP) is 10.4. The first kappa shape index (κ1) is 20.9. The number of hydrogen-bond donors (Lipinski definition) is 0. The van der Waals surface area contributed by atoms with Crippen molar-refractivity contribution in [2.75, 3.05) is 0 Å². The topological polar surface area (TPSA) is 4.93 Å². The van der Waals surface area contributed by atoms with Gasteiger partial charge in [-0.25, -0.2) is 0 Å². The van der Waals surface area contributed by atoms with Gasteiger partial charge in [0.25, 0.3) is 0 Å². The van der Waals surface area contributed by atoms with Gasteiger partial charge in [0.2, 0.25) is 0 Å². The van der Waals surface area contributed by atoms with Crippen molar-refractivity contribution >= 4 is 43.4 Å². The molecule has 39 heavy (non-hydrogen) atoms. The minimum atomic E-state index is 1.20. The standard InChI is InChI=1S/C38H23N/c1-2-8-24(9-3-1)25-14-15-26-20-33-35(22-28(26)18-25)34-21-27-16-17-30(19-29(27)23-36(33)34)39-37-12-6-4-10-31(37)32-11-5-7-13-38(32)39/h1-23H. The average Bonchev–Trinajstić information content (AvgIpc) is 3.34. The van der Waals surface area contributed by atoms with Crippen molar-refractivity contribution in [2.45, 2.75) is 0 Å². The van der Waals surface area contributed by atoms with E-state index in [1.807, 2.05) is 0 Å². The van der Waals surface area contributed by atoms with Crippen molar-refractivity contribution in [2.24, 2.45) is 0 Å². The molecule has 0 N–H and O–H groups in total. The summed E-state index contributed by atoms with van der Waals surface area (Å²) in [5.74, 6) is 0. The highest BCUT2D eigenvalue weighted by Gasteiger charge is 2.24. The first-order chi connectivity index (χ1) is 19.3. The molecule has 1 aliphatic rings. The maximum atomic E-state index is 2.40. The van der Waals surface area contributed by atoms with Crippen LogP contribution >= 0.6 is 0 Å². The maximum Gasteiger partial charge on any atom is 0.0541 e.